The summed E-state index contributed by atoms with van der Waals surface area (Å²) in [7, 11) is 0. The molecular weight excluding hydrogens is 258 g/mol. The van der Waals surface area contributed by atoms with Crippen molar-refractivity contribution in [2.75, 3.05) is 5.73 Å². The molecule has 0 unspecified atom stereocenters. The number of nitrogens with two attached hydrogens (primary N) is 1. The van der Waals surface area contributed by atoms with Crippen LogP contribution in [0.1, 0.15) is 11.4 Å². The lowest BCUT2D eigenvalue weighted by Gasteiger charge is -2.09. The van der Waals surface area contributed by atoms with Crippen LogP contribution >= 0.6 is 0 Å². The Kier molecular flexibility index (Phi) is 2.67. The summed E-state index contributed by atoms with van der Waals surface area (Å²) in [5.41, 5.74) is 7.43. The molecule has 0 aliphatic rings. The number of rotatable bonds is 2. The molecule has 0 fully saturated rings. The van der Waals surface area contributed by atoms with E-state index in [0.717, 1.165) is 5.56 Å². The zero-order chi connectivity index (χ0) is 14.3. The zero-order valence-corrected chi connectivity index (χ0v) is 11.0. The minimum Gasteiger partial charge on any atom is -0.438 e. The van der Waals surface area contributed by atoms with Gasteiger partial charge in [0.2, 0.25) is 5.88 Å². The SMILES string of the molecule is Cc1ccc(N)cc1Oc1cc2n[nH]c(=O)n2c(C)n1. The van der Waals surface area contributed by atoms with Gasteiger partial charge in [-0.25, -0.2) is 14.3 Å². The average Bonchev–Trinajstić information content (AvgIpc) is 2.76. The van der Waals surface area contributed by atoms with E-state index < -0.39 is 0 Å². The van der Waals surface area contributed by atoms with Gasteiger partial charge in [-0.1, -0.05) is 6.07 Å². The number of fused-ring (bicyclic) bond motifs is 1. The summed E-state index contributed by atoms with van der Waals surface area (Å²) in [6.45, 7) is 3.63. The van der Waals surface area contributed by atoms with Gasteiger partial charge in [-0.15, -0.1) is 0 Å². The monoisotopic (exact) mass is 271 g/mol. The summed E-state index contributed by atoms with van der Waals surface area (Å²) in [6, 6.07) is 6.99. The molecule has 3 N–H and O–H groups in total. The topological polar surface area (TPSA) is 98.3 Å². The van der Waals surface area contributed by atoms with Crippen molar-refractivity contribution in [3.8, 4) is 11.6 Å². The van der Waals surface area contributed by atoms with Crippen molar-refractivity contribution in [1.82, 2.24) is 19.6 Å². The van der Waals surface area contributed by atoms with Gasteiger partial charge in [0.15, 0.2) is 5.65 Å². The van der Waals surface area contributed by atoms with Crippen LogP contribution in [0.2, 0.25) is 0 Å². The lowest BCUT2D eigenvalue weighted by molar-refractivity contribution is 0.457. The van der Waals surface area contributed by atoms with Gasteiger partial charge < -0.3 is 10.5 Å². The average molecular weight is 271 g/mol. The molecule has 0 bridgehead atoms. The van der Waals surface area contributed by atoms with Gasteiger partial charge >= 0.3 is 5.69 Å². The van der Waals surface area contributed by atoms with Gasteiger partial charge in [-0.2, -0.15) is 10.1 Å². The fraction of sp³-hybridized carbons (Fsp3) is 0.154. The van der Waals surface area contributed by atoms with Crippen LogP contribution in [-0.4, -0.2) is 19.6 Å². The van der Waals surface area contributed by atoms with Gasteiger partial charge in [-0.3, -0.25) is 0 Å². The van der Waals surface area contributed by atoms with E-state index in [1.54, 1.807) is 25.1 Å². The fourth-order valence-corrected chi connectivity index (χ4v) is 1.96. The van der Waals surface area contributed by atoms with E-state index in [4.69, 9.17) is 10.5 Å². The fourth-order valence-electron chi connectivity index (χ4n) is 1.96. The van der Waals surface area contributed by atoms with Crippen molar-refractivity contribution in [3.05, 3.63) is 46.1 Å². The molecule has 0 saturated carbocycles. The molecule has 20 heavy (non-hydrogen) atoms. The molecule has 0 atom stereocenters. The highest BCUT2D eigenvalue weighted by atomic mass is 16.5. The summed E-state index contributed by atoms with van der Waals surface area (Å²) in [5, 5.41) is 6.27. The number of nitrogens with one attached hydrogen (secondary N) is 1. The van der Waals surface area contributed by atoms with Crippen LogP contribution in [0.4, 0.5) is 5.69 Å². The Labute approximate surface area is 114 Å². The molecule has 0 amide bonds. The van der Waals surface area contributed by atoms with Gasteiger partial charge in [0, 0.05) is 17.8 Å². The number of H-pyrrole nitrogens is 1. The van der Waals surface area contributed by atoms with E-state index in [2.05, 4.69) is 15.2 Å². The Hall–Kier alpha value is -2.83. The highest BCUT2D eigenvalue weighted by Crippen LogP contribution is 2.26. The van der Waals surface area contributed by atoms with Crippen LogP contribution in [-0.2, 0) is 0 Å². The number of aryl methyl sites for hydroxylation is 2. The third-order valence-corrected chi connectivity index (χ3v) is 2.97. The number of benzene rings is 1. The first kappa shape index (κ1) is 12.2. The molecule has 0 radical (unpaired) electrons. The number of nitrogens with zero attached hydrogens (tertiary/aromatic N) is 3. The van der Waals surface area contributed by atoms with Crippen LogP contribution in [0.3, 0.4) is 0 Å². The molecule has 0 spiro atoms. The first-order chi connectivity index (χ1) is 9.54. The number of anilines is 1. The smallest absolute Gasteiger partial charge is 0.349 e. The van der Waals surface area contributed by atoms with Crippen LogP contribution in [0.5, 0.6) is 11.6 Å². The number of hydrogen-bond donors (Lipinski definition) is 2. The van der Waals surface area contributed by atoms with Gasteiger partial charge in [0.05, 0.1) is 0 Å². The Balaban J connectivity index is 2.07. The van der Waals surface area contributed by atoms with Crippen molar-refractivity contribution >= 4 is 11.3 Å². The second-order valence-electron chi connectivity index (χ2n) is 4.49. The molecule has 1 aromatic carbocycles. The molecule has 0 aliphatic heterocycles. The van der Waals surface area contributed by atoms with Crippen molar-refractivity contribution in [1.29, 1.82) is 0 Å². The molecule has 102 valence electrons. The number of nitrogen functional groups attached to an aromatic ring is 1. The maximum absolute atomic E-state index is 11.5. The number of ether oxygens (including phenoxy) is 1. The Morgan fingerprint density at radius 1 is 1.30 bits per heavy atom. The highest BCUT2D eigenvalue weighted by Gasteiger charge is 2.09. The van der Waals surface area contributed by atoms with Crippen LogP contribution in [0.15, 0.2) is 29.1 Å². The summed E-state index contributed by atoms with van der Waals surface area (Å²) >= 11 is 0. The number of hydrogen-bond acceptors (Lipinski definition) is 5. The quantitative estimate of drug-likeness (QED) is 0.687. The molecule has 3 aromatic rings. The van der Waals surface area contributed by atoms with Gasteiger partial charge in [-0.05, 0) is 25.5 Å². The summed E-state index contributed by atoms with van der Waals surface area (Å²) in [6.07, 6.45) is 0. The minimum atomic E-state index is -0.323. The molecule has 0 aliphatic carbocycles. The van der Waals surface area contributed by atoms with Gasteiger partial charge in [0.1, 0.15) is 11.6 Å². The van der Waals surface area contributed by atoms with Crippen LogP contribution in [0.25, 0.3) is 5.65 Å². The molecule has 7 nitrogen and oxygen atoms in total. The zero-order valence-electron chi connectivity index (χ0n) is 11.0. The second kappa shape index (κ2) is 4.37. The van der Waals surface area contributed by atoms with E-state index in [0.29, 0.717) is 28.8 Å². The van der Waals surface area contributed by atoms with Crippen molar-refractivity contribution in [2.24, 2.45) is 0 Å². The maximum atomic E-state index is 11.5. The van der Waals surface area contributed by atoms with Crippen molar-refractivity contribution in [3.63, 3.8) is 0 Å². The van der Waals surface area contributed by atoms with E-state index in [-0.39, 0.29) is 5.69 Å². The number of aromatic nitrogens is 4. The Morgan fingerprint density at radius 3 is 2.90 bits per heavy atom. The first-order valence-corrected chi connectivity index (χ1v) is 6.03. The molecular formula is C13H13N5O2. The Bertz CT molecular complexity index is 850. The molecule has 2 aromatic heterocycles. The minimum absolute atomic E-state index is 0.323. The standard InChI is InChI=1S/C13H13N5O2/c1-7-3-4-9(14)5-10(7)20-12-6-11-16-17-13(19)18(11)8(2)15-12/h3-6H,14H2,1-2H3,(H,17,19). The van der Waals surface area contributed by atoms with E-state index in [1.165, 1.54) is 4.40 Å². The molecule has 7 heteroatoms. The normalized spacial score (nSPS) is 10.9. The Morgan fingerprint density at radius 2 is 2.10 bits per heavy atom. The van der Waals surface area contributed by atoms with E-state index in [9.17, 15) is 4.79 Å². The first-order valence-electron chi connectivity index (χ1n) is 6.03. The largest absolute Gasteiger partial charge is 0.438 e. The highest BCUT2D eigenvalue weighted by molar-refractivity contribution is 5.50. The predicted octanol–water partition coefficient (Wildman–Crippen LogP) is 1.41. The number of aromatic amines is 1. The van der Waals surface area contributed by atoms with Crippen molar-refractivity contribution in [2.45, 2.75) is 13.8 Å². The third kappa shape index (κ3) is 1.99. The molecule has 3 rings (SSSR count). The molecule has 0 saturated heterocycles. The van der Waals surface area contributed by atoms with Crippen molar-refractivity contribution < 1.29 is 4.74 Å². The second-order valence-corrected chi connectivity index (χ2v) is 4.49. The maximum Gasteiger partial charge on any atom is 0.349 e. The lowest BCUT2D eigenvalue weighted by Crippen LogP contribution is -2.13. The summed E-state index contributed by atoms with van der Waals surface area (Å²) in [5.74, 6) is 1.49. The molecule has 2 heterocycles. The van der Waals surface area contributed by atoms with E-state index >= 15 is 0 Å². The predicted molar refractivity (Wildman–Crippen MR) is 74.0 cm³/mol. The van der Waals surface area contributed by atoms with Crippen LogP contribution < -0.4 is 16.2 Å². The lowest BCUT2D eigenvalue weighted by atomic mass is 10.2. The summed E-state index contributed by atoms with van der Waals surface area (Å²) < 4.78 is 7.10. The van der Waals surface area contributed by atoms with E-state index in [1.807, 2.05) is 13.0 Å². The third-order valence-electron chi connectivity index (χ3n) is 2.97. The van der Waals surface area contributed by atoms with Gasteiger partial charge in [0.25, 0.3) is 0 Å². The summed E-state index contributed by atoms with van der Waals surface area (Å²) in [4.78, 5) is 15.8. The van der Waals surface area contributed by atoms with Crippen LogP contribution in [0, 0.1) is 13.8 Å².